The number of amides is 1. The lowest BCUT2D eigenvalue weighted by molar-refractivity contribution is 0.0145. The predicted octanol–water partition coefficient (Wildman–Crippen LogP) is 4.29. The number of pyridine rings is 1. The van der Waals surface area contributed by atoms with Gasteiger partial charge in [-0.3, -0.25) is 4.68 Å². The molecule has 0 spiro atoms. The number of aryl methyl sites for hydroxylation is 2. The largest absolute Gasteiger partial charge is 0.444 e. The summed E-state index contributed by atoms with van der Waals surface area (Å²) >= 11 is 0. The van der Waals surface area contributed by atoms with Crippen LogP contribution in [0.2, 0.25) is 0 Å². The molecule has 1 aromatic carbocycles. The number of methoxy groups -OCH3 is 1. The Balaban J connectivity index is 1.50. The topological polar surface area (TPSA) is 113 Å². The van der Waals surface area contributed by atoms with Crippen molar-refractivity contribution >= 4 is 33.8 Å². The highest BCUT2D eigenvalue weighted by molar-refractivity contribution is 5.93. The standard InChI is InChI=1S/C29H35N7O3/c1-7-34-18(2)32-23-14-19(9-11-24(23)34)8-10-22-26-25(12-13-31-27(26)30)36(33-22)20-15-21(17-38-6)35(16-20)28(37)39-29(3,4)5/h9,11-14,20-21H,7,15-17H2,1-6H3,(H2,30,31)/t20-,21+/m0/s1. The number of nitrogens with two attached hydrogens (primary N) is 1. The number of carbonyl (C=O) groups excluding carboxylic acids is 1. The Hall–Kier alpha value is -4.10. The number of anilines is 1. The number of benzene rings is 1. The van der Waals surface area contributed by atoms with E-state index in [1.54, 1.807) is 18.2 Å². The minimum Gasteiger partial charge on any atom is -0.444 e. The molecule has 204 valence electrons. The van der Waals surface area contributed by atoms with Crippen molar-refractivity contribution in [3.05, 3.63) is 47.5 Å². The summed E-state index contributed by atoms with van der Waals surface area (Å²) in [5, 5.41) is 5.59. The maximum Gasteiger partial charge on any atom is 0.410 e. The number of fused-ring (bicyclic) bond motifs is 2. The molecule has 2 atom stereocenters. The number of hydrogen-bond donors (Lipinski definition) is 1. The van der Waals surface area contributed by atoms with E-state index in [9.17, 15) is 4.79 Å². The van der Waals surface area contributed by atoms with Gasteiger partial charge in [0.2, 0.25) is 0 Å². The second-order valence-electron chi connectivity index (χ2n) is 10.9. The molecule has 0 aliphatic carbocycles. The van der Waals surface area contributed by atoms with Crippen LogP contribution >= 0.6 is 0 Å². The Kier molecular flexibility index (Phi) is 6.95. The van der Waals surface area contributed by atoms with Crippen molar-refractivity contribution in [2.75, 3.05) is 26.0 Å². The van der Waals surface area contributed by atoms with Gasteiger partial charge in [-0.05, 0) is 71.2 Å². The molecule has 39 heavy (non-hydrogen) atoms. The summed E-state index contributed by atoms with van der Waals surface area (Å²) in [6, 6.07) is 7.69. The average Bonchev–Trinajstić information content (AvgIpc) is 3.54. The van der Waals surface area contributed by atoms with Crippen molar-refractivity contribution in [1.29, 1.82) is 0 Å². The average molecular weight is 530 g/mol. The molecule has 10 heteroatoms. The van der Waals surface area contributed by atoms with Crippen molar-refractivity contribution in [2.24, 2.45) is 0 Å². The van der Waals surface area contributed by atoms with Crippen LogP contribution in [-0.4, -0.2) is 67.2 Å². The van der Waals surface area contributed by atoms with E-state index in [1.807, 2.05) is 50.6 Å². The lowest BCUT2D eigenvalue weighted by atomic mass is 10.1. The third-order valence-corrected chi connectivity index (χ3v) is 6.96. The van der Waals surface area contributed by atoms with Gasteiger partial charge in [0.15, 0.2) is 0 Å². The lowest BCUT2D eigenvalue weighted by Gasteiger charge is -2.28. The third kappa shape index (κ3) is 5.14. The maximum absolute atomic E-state index is 13.0. The number of likely N-dealkylation sites (tertiary alicyclic amines) is 1. The van der Waals surface area contributed by atoms with E-state index >= 15 is 0 Å². The molecule has 2 N–H and O–H groups in total. The number of rotatable bonds is 4. The van der Waals surface area contributed by atoms with Crippen LogP contribution in [0.5, 0.6) is 0 Å². The number of carbonyl (C=O) groups is 1. The molecule has 5 rings (SSSR count). The zero-order chi connectivity index (χ0) is 27.9. The summed E-state index contributed by atoms with van der Waals surface area (Å²) in [5.41, 5.74) is 9.94. The molecule has 1 saturated heterocycles. The fourth-order valence-corrected chi connectivity index (χ4v) is 5.30. The van der Waals surface area contributed by atoms with Crippen LogP contribution in [0.1, 0.15) is 57.2 Å². The summed E-state index contributed by atoms with van der Waals surface area (Å²) in [4.78, 5) is 23.7. The molecule has 4 heterocycles. The van der Waals surface area contributed by atoms with Gasteiger partial charge in [-0.15, -0.1) is 0 Å². The molecular weight excluding hydrogens is 494 g/mol. The van der Waals surface area contributed by atoms with Gasteiger partial charge >= 0.3 is 6.09 Å². The molecule has 1 amide bonds. The van der Waals surface area contributed by atoms with Crippen LogP contribution in [0.25, 0.3) is 21.9 Å². The second kappa shape index (κ2) is 10.2. The van der Waals surface area contributed by atoms with Crippen LogP contribution in [0.3, 0.4) is 0 Å². The highest BCUT2D eigenvalue weighted by atomic mass is 16.6. The van der Waals surface area contributed by atoms with Gasteiger partial charge in [0.05, 0.1) is 40.6 Å². The molecular formula is C29H35N7O3. The fraction of sp³-hybridized carbons (Fsp3) is 0.448. The first-order valence-corrected chi connectivity index (χ1v) is 13.2. The number of nitrogen functional groups attached to an aromatic ring is 1. The molecule has 0 saturated carbocycles. The number of aromatic nitrogens is 5. The van der Waals surface area contributed by atoms with E-state index < -0.39 is 5.60 Å². The Labute approximate surface area is 228 Å². The molecule has 0 radical (unpaired) electrons. The Morgan fingerprint density at radius 2 is 2.00 bits per heavy atom. The molecule has 0 bridgehead atoms. The number of hydrogen-bond acceptors (Lipinski definition) is 7. The smallest absolute Gasteiger partial charge is 0.410 e. The van der Waals surface area contributed by atoms with Gasteiger partial charge in [-0.1, -0.05) is 5.92 Å². The summed E-state index contributed by atoms with van der Waals surface area (Å²) in [7, 11) is 1.63. The maximum atomic E-state index is 13.0. The second-order valence-corrected chi connectivity index (χ2v) is 10.9. The molecule has 4 aromatic rings. The summed E-state index contributed by atoms with van der Waals surface area (Å²) in [6.45, 7) is 11.4. The molecule has 10 nitrogen and oxygen atoms in total. The highest BCUT2D eigenvalue weighted by Gasteiger charge is 2.39. The van der Waals surface area contributed by atoms with Crippen molar-refractivity contribution in [3.63, 3.8) is 0 Å². The normalized spacial score (nSPS) is 17.5. The van der Waals surface area contributed by atoms with Crippen LogP contribution in [0.4, 0.5) is 10.6 Å². The van der Waals surface area contributed by atoms with Gasteiger partial charge in [-0.25, -0.2) is 14.8 Å². The van der Waals surface area contributed by atoms with E-state index in [0.29, 0.717) is 36.5 Å². The van der Waals surface area contributed by atoms with Crippen molar-refractivity contribution in [1.82, 2.24) is 29.2 Å². The highest BCUT2D eigenvalue weighted by Crippen LogP contribution is 2.33. The zero-order valence-electron chi connectivity index (χ0n) is 23.4. The zero-order valence-corrected chi connectivity index (χ0v) is 23.4. The van der Waals surface area contributed by atoms with E-state index in [-0.39, 0.29) is 18.2 Å². The SMILES string of the molecule is CCn1c(C)nc2cc(C#Cc3nn([C@H]4C[C@H](COC)N(C(=O)OC(C)(C)C)C4)c4ccnc(N)c34)ccc21. The molecule has 1 aliphatic rings. The monoisotopic (exact) mass is 529 g/mol. The summed E-state index contributed by atoms with van der Waals surface area (Å²) in [5.74, 6) is 7.81. The lowest BCUT2D eigenvalue weighted by Crippen LogP contribution is -2.41. The Morgan fingerprint density at radius 3 is 2.72 bits per heavy atom. The van der Waals surface area contributed by atoms with Crippen LogP contribution in [0, 0.1) is 18.8 Å². The van der Waals surface area contributed by atoms with Gasteiger partial charge in [0.1, 0.15) is 22.9 Å². The van der Waals surface area contributed by atoms with Crippen molar-refractivity contribution in [2.45, 2.75) is 65.3 Å². The van der Waals surface area contributed by atoms with Crippen LogP contribution < -0.4 is 5.73 Å². The van der Waals surface area contributed by atoms with E-state index in [2.05, 4.69) is 39.4 Å². The van der Waals surface area contributed by atoms with Crippen LogP contribution in [0.15, 0.2) is 30.5 Å². The summed E-state index contributed by atoms with van der Waals surface area (Å²) < 4.78 is 15.2. The minimum atomic E-state index is -0.593. The Bertz CT molecular complexity index is 1600. The molecule has 1 aliphatic heterocycles. The minimum absolute atomic E-state index is 0.102. The van der Waals surface area contributed by atoms with Gasteiger partial charge in [0, 0.05) is 32.0 Å². The first-order chi connectivity index (χ1) is 18.6. The first kappa shape index (κ1) is 26.5. The molecule has 1 fully saturated rings. The first-order valence-electron chi connectivity index (χ1n) is 13.2. The van der Waals surface area contributed by atoms with Crippen LogP contribution in [-0.2, 0) is 16.0 Å². The van der Waals surface area contributed by atoms with E-state index in [4.69, 9.17) is 20.3 Å². The number of nitrogens with zero attached hydrogens (tertiary/aromatic N) is 6. The predicted molar refractivity (Wildman–Crippen MR) is 150 cm³/mol. The Morgan fingerprint density at radius 1 is 1.21 bits per heavy atom. The van der Waals surface area contributed by atoms with Crippen molar-refractivity contribution < 1.29 is 14.3 Å². The summed E-state index contributed by atoms with van der Waals surface area (Å²) in [6.07, 6.45) is 1.97. The molecule has 3 aromatic heterocycles. The third-order valence-electron chi connectivity index (χ3n) is 6.96. The number of ether oxygens (including phenoxy) is 2. The van der Waals surface area contributed by atoms with Gasteiger partial charge in [-0.2, -0.15) is 5.10 Å². The van der Waals surface area contributed by atoms with Gasteiger partial charge < -0.3 is 24.7 Å². The van der Waals surface area contributed by atoms with E-state index in [1.165, 1.54) is 0 Å². The molecule has 0 unspecified atom stereocenters. The van der Waals surface area contributed by atoms with E-state index in [0.717, 1.165) is 34.5 Å². The number of imidazole rings is 1. The van der Waals surface area contributed by atoms with Crippen molar-refractivity contribution in [3.8, 4) is 11.8 Å². The fourth-order valence-electron chi connectivity index (χ4n) is 5.30. The quantitative estimate of drug-likeness (QED) is 0.392. The van der Waals surface area contributed by atoms with Gasteiger partial charge in [0.25, 0.3) is 0 Å².